The van der Waals surface area contributed by atoms with Crippen LogP contribution in [0.2, 0.25) is 0 Å². The summed E-state index contributed by atoms with van der Waals surface area (Å²) in [5, 5.41) is 37.4. The maximum absolute atomic E-state index is 13.4. The normalized spacial score (nSPS) is 17.2. The van der Waals surface area contributed by atoms with E-state index in [9.17, 15) is 48.9 Å². The van der Waals surface area contributed by atoms with Crippen molar-refractivity contribution < 1.29 is 48.9 Å². The lowest BCUT2D eigenvalue weighted by atomic mass is 10.0. The minimum atomic E-state index is -1.65. The number of aromatic hydroxyl groups is 1. The van der Waals surface area contributed by atoms with E-state index in [1.54, 1.807) is 0 Å². The van der Waals surface area contributed by atoms with Crippen molar-refractivity contribution in [2.45, 2.75) is 63.3 Å². The lowest BCUT2D eigenvalue weighted by Crippen LogP contribution is -2.58. The van der Waals surface area contributed by atoms with Gasteiger partial charge in [0.1, 0.15) is 36.0 Å². The lowest BCUT2D eigenvalue weighted by Gasteiger charge is -2.27. The summed E-state index contributed by atoms with van der Waals surface area (Å²) < 4.78 is 0. The second-order valence-electron chi connectivity index (χ2n) is 10.1. The zero-order valence-electron chi connectivity index (χ0n) is 23.8. The number of carboxylic acid groups (broad SMARTS) is 1. The van der Waals surface area contributed by atoms with E-state index in [1.807, 2.05) is 0 Å². The predicted octanol–water partition coefficient (Wildman–Crippen LogP) is -2.92. The quantitative estimate of drug-likeness (QED) is 0.0999. The van der Waals surface area contributed by atoms with Crippen molar-refractivity contribution in [2.24, 2.45) is 0 Å². The van der Waals surface area contributed by atoms with Crippen molar-refractivity contribution in [3.63, 3.8) is 0 Å². The smallest absolute Gasteiger partial charge is 0.328 e. The Balaban J connectivity index is 1.78. The molecule has 1 fully saturated rings. The van der Waals surface area contributed by atoms with E-state index in [1.165, 1.54) is 50.6 Å². The van der Waals surface area contributed by atoms with Crippen LogP contribution in [0, 0.1) is 0 Å². The highest BCUT2D eigenvalue weighted by molar-refractivity contribution is 6.10. The Morgan fingerprint density at radius 3 is 2.23 bits per heavy atom. The summed E-state index contributed by atoms with van der Waals surface area (Å²) >= 11 is 0. The van der Waals surface area contributed by atoms with Crippen molar-refractivity contribution >= 4 is 41.4 Å². The van der Waals surface area contributed by atoms with Gasteiger partial charge >= 0.3 is 5.97 Å². The Bertz CT molecular complexity index is 1400. The highest BCUT2D eigenvalue weighted by Gasteiger charge is 2.45. The minimum absolute atomic E-state index is 0.0515. The molecule has 0 bridgehead atoms. The Morgan fingerprint density at radius 1 is 1.00 bits per heavy atom. The van der Waals surface area contributed by atoms with Gasteiger partial charge in [0.2, 0.25) is 29.5 Å². The molecule has 1 aliphatic heterocycles. The summed E-state index contributed by atoms with van der Waals surface area (Å²) in [6, 6.07) is -1.29. The van der Waals surface area contributed by atoms with E-state index in [-0.39, 0.29) is 25.0 Å². The van der Waals surface area contributed by atoms with E-state index in [0.717, 1.165) is 4.90 Å². The molecule has 0 unspecified atom stereocenters. The fourth-order valence-corrected chi connectivity index (χ4v) is 4.45. The number of aromatic amines is 1. The molecule has 1 aliphatic rings. The molecule has 3 rings (SSSR count). The van der Waals surface area contributed by atoms with Crippen molar-refractivity contribution in [3.8, 4) is 5.75 Å². The number of phenols is 1. The van der Waals surface area contributed by atoms with Crippen molar-refractivity contribution in [3.05, 3.63) is 48.0 Å². The lowest BCUT2D eigenvalue weighted by molar-refractivity contribution is -0.147. The third kappa shape index (κ3) is 8.60. The minimum Gasteiger partial charge on any atom is -0.508 e. The van der Waals surface area contributed by atoms with E-state index < -0.39 is 78.2 Å². The largest absolute Gasteiger partial charge is 0.508 e. The van der Waals surface area contributed by atoms with Gasteiger partial charge in [-0.15, -0.1) is 0 Å². The number of carbonyl (C=O) groups excluding carboxylic acids is 6. The number of amides is 6. The number of likely N-dealkylation sites (tertiary alicyclic amines) is 1. The molecule has 0 aliphatic carbocycles. The molecule has 44 heavy (non-hydrogen) atoms. The first kappa shape index (κ1) is 33.2. The number of imidazole rings is 1. The van der Waals surface area contributed by atoms with Gasteiger partial charge in [0.15, 0.2) is 0 Å². The number of hydrogen-bond acceptors (Lipinski definition) is 10. The number of aliphatic hydroxyl groups is 1. The van der Waals surface area contributed by atoms with Gasteiger partial charge in [-0.1, -0.05) is 12.1 Å². The van der Waals surface area contributed by atoms with Crippen LogP contribution in [0.5, 0.6) is 5.75 Å². The molecule has 5 atom stereocenters. The van der Waals surface area contributed by atoms with Gasteiger partial charge < -0.3 is 41.6 Å². The van der Waals surface area contributed by atoms with Crippen LogP contribution in [0.15, 0.2) is 36.8 Å². The third-order valence-electron chi connectivity index (χ3n) is 6.70. The molecule has 2 aromatic rings. The maximum Gasteiger partial charge on any atom is 0.328 e. The first-order chi connectivity index (χ1) is 20.8. The number of hydrogen-bond donors (Lipinski definition) is 8. The van der Waals surface area contributed by atoms with E-state index in [4.69, 9.17) is 0 Å². The van der Waals surface area contributed by atoms with E-state index in [2.05, 4.69) is 31.2 Å². The number of nitrogens with one attached hydrogen (secondary N) is 5. The number of imide groups is 1. The van der Waals surface area contributed by atoms with E-state index in [0.29, 0.717) is 11.3 Å². The molecule has 17 nitrogen and oxygen atoms in total. The number of aromatic nitrogens is 2. The van der Waals surface area contributed by atoms with Gasteiger partial charge in [-0.05, 0) is 24.6 Å². The SMILES string of the molecule is CC(=O)N[C@H]1CC(=O)N([C@@H](Cc2cnc[nH]2)C(=O)N[C@@H](C)C(=O)N[C@@H](Cc2ccc(O)cc2)C(=O)N[C@@H](CO)C(=O)O)C1=O. The summed E-state index contributed by atoms with van der Waals surface area (Å²) in [5.74, 6) is -6.33. The number of phenolic OH excluding ortho intramolecular Hbond substituents is 1. The standard InChI is InChI=1S/C27H33N7O10/c1-13(23(39)32-18(7-15-3-5-17(37)6-4-15)24(40)33-20(11-35)27(43)44)30-25(41)21(8-16-10-28-12-29-16)34-22(38)9-19(26(34)42)31-14(2)36/h3-6,10,12-13,18-21,35,37H,7-9,11H2,1-2H3,(H,28,29)(H,30,41)(H,31,36)(H,32,39)(H,33,40)(H,43,44)/t13-,18-,19-,20-,21-/m0/s1. The van der Waals surface area contributed by atoms with Crippen LogP contribution >= 0.6 is 0 Å². The average molecular weight is 616 g/mol. The number of aliphatic carboxylic acids is 1. The molecule has 6 amide bonds. The number of rotatable bonds is 14. The number of nitrogens with zero attached hydrogens (tertiary/aromatic N) is 2. The summed E-state index contributed by atoms with van der Waals surface area (Å²) in [5.41, 5.74) is 0.878. The zero-order chi connectivity index (χ0) is 32.6. The van der Waals surface area contributed by atoms with Gasteiger partial charge in [-0.3, -0.25) is 33.7 Å². The molecular formula is C27H33N7O10. The summed E-state index contributed by atoms with van der Waals surface area (Å²) in [4.78, 5) is 95.6. The topological polar surface area (TPSA) is 260 Å². The molecule has 2 heterocycles. The summed E-state index contributed by atoms with van der Waals surface area (Å²) in [6.07, 6.45) is 2.02. The Kier molecular flexibility index (Phi) is 11.1. The molecule has 0 spiro atoms. The molecule has 0 saturated carbocycles. The summed E-state index contributed by atoms with van der Waals surface area (Å²) in [6.45, 7) is 1.55. The van der Waals surface area contributed by atoms with Crippen molar-refractivity contribution in [1.29, 1.82) is 0 Å². The monoisotopic (exact) mass is 615 g/mol. The zero-order valence-corrected chi connectivity index (χ0v) is 23.8. The van der Waals surface area contributed by atoms with Crippen molar-refractivity contribution in [2.75, 3.05) is 6.61 Å². The van der Waals surface area contributed by atoms with Crippen molar-refractivity contribution in [1.82, 2.24) is 36.1 Å². The van der Waals surface area contributed by atoms with E-state index >= 15 is 0 Å². The second kappa shape index (κ2) is 14.7. The number of carbonyl (C=O) groups is 7. The maximum atomic E-state index is 13.4. The van der Waals surface area contributed by atoms with Gasteiger partial charge in [-0.2, -0.15) is 0 Å². The fourth-order valence-electron chi connectivity index (χ4n) is 4.45. The van der Waals surface area contributed by atoms with Gasteiger partial charge in [0, 0.05) is 31.7 Å². The number of aliphatic hydroxyl groups excluding tert-OH is 1. The molecule has 1 aromatic heterocycles. The first-order valence-corrected chi connectivity index (χ1v) is 13.4. The van der Waals surface area contributed by atoms with Crippen LogP contribution in [0.25, 0.3) is 0 Å². The first-order valence-electron chi connectivity index (χ1n) is 13.4. The summed E-state index contributed by atoms with van der Waals surface area (Å²) in [7, 11) is 0. The third-order valence-corrected chi connectivity index (χ3v) is 6.70. The molecule has 8 N–H and O–H groups in total. The van der Waals surface area contributed by atoms with Crippen LogP contribution in [0.3, 0.4) is 0 Å². The van der Waals surface area contributed by atoms with Crippen LogP contribution in [-0.2, 0) is 46.4 Å². The molecule has 1 saturated heterocycles. The molecular weight excluding hydrogens is 582 g/mol. The highest BCUT2D eigenvalue weighted by Crippen LogP contribution is 2.20. The van der Waals surface area contributed by atoms with Crippen LogP contribution in [0.4, 0.5) is 0 Å². The molecule has 236 valence electrons. The number of carboxylic acids is 1. The highest BCUT2D eigenvalue weighted by atomic mass is 16.4. The Morgan fingerprint density at radius 2 is 1.66 bits per heavy atom. The molecule has 1 aromatic carbocycles. The Labute approximate surface area is 250 Å². The predicted molar refractivity (Wildman–Crippen MR) is 148 cm³/mol. The van der Waals surface area contributed by atoms with Gasteiger partial charge in [0.25, 0.3) is 5.91 Å². The number of benzene rings is 1. The van der Waals surface area contributed by atoms with Crippen LogP contribution in [-0.4, -0.2) is 108 Å². The molecule has 17 heteroatoms. The second-order valence-corrected chi connectivity index (χ2v) is 10.1. The van der Waals surface area contributed by atoms with Crippen LogP contribution in [0.1, 0.15) is 31.5 Å². The number of H-pyrrole nitrogens is 1. The van der Waals surface area contributed by atoms with Gasteiger partial charge in [-0.25, -0.2) is 9.78 Å². The van der Waals surface area contributed by atoms with Gasteiger partial charge in [0.05, 0.1) is 19.4 Å². The fraction of sp³-hybridized carbons (Fsp3) is 0.407. The molecule has 0 radical (unpaired) electrons. The Hall–Kier alpha value is -5.32. The van der Waals surface area contributed by atoms with Crippen LogP contribution < -0.4 is 21.3 Å². The average Bonchev–Trinajstić information content (AvgIpc) is 3.57.